The Balaban J connectivity index is 1.56. The molecular weight excluding hydrogens is 393 g/mol. The van der Waals surface area contributed by atoms with Crippen molar-refractivity contribution in [1.82, 2.24) is 9.88 Å². The number of nitrogens with one attached hydrogen (secondary N) is 1. The zero-order chi connectivity index (χ0) is 21.3. The summed E-state index contributed by atoms with van der Waals surface area (Å²) in [6.07, 6.45) is 0.470. The number of benzene rings is 2. The molecular formula is C23H21F3N2O2. The van der Waals surface area contributed by atoms with E-state index in [0.29, 0.717) is 0 Å². The number of ether oxygens (including phenoxy) is 1. The molecule has 0 aliphatic carbocycles. The second-order valence-electron chi connectivity index (χ2n) is 7.50. The normalized spacial score (nSPS) is 15.3. The molecule has 0 amide bonds. The minimum absolute atomic E-state index is 0.0951. The molecule has 30 heavy (non-hydrogen) atoms. The van der Waals surface area contributed by atoms with Gasteiger partial charge in [-0.1, -0.05) is 24.3 Å². The van der Waals surface area contributed by atoms with Gasteiger partial charge in [-0.2, -0.15) is 0 Å². The van der Waals surface area contributed by atoms with E-state index < -0.39 is 12.1 Å². The number of fused-ring (bicyclic) bond motifs is 1. The second-order valence-corrected chi connectivity index (χ2v) is 7.50. The molecule has 3 aromatic rings. The van der Waals surface area contributed by atoms with Crippen LogP contribution in [0.25, 0.3) is 16.5 Å². The minimum Gasteiger partial charge on any atom is -0.406 e. The van der Waals surface area contributed by atoms with E-state index in [2.05, 4.69) is 27.7 Å². The van der Waals surface area contributed by atoms with Crippen molar-refractivity contribution >= 4 is 22.3 Å². The van der Waals surface area contributed by atoms with Crippen molar-refractivity contribution in [1.29, 1.82) is 0 Å². The number of alkyl halides is 3. The van der Waals surface area contributed by atoms with E-state index in [1.807, 2.05) is 24.4 Å². The summed E-state index contributed by atoms with van der Waals surface area (Å²) in [4.78, 5) is 18.2. The van der Waals surface area contributed by atoms with Crippen LogP contribution in [-0.2, 0) is 6.42 Å². The molecule has 156 valence electrons. The number of hydrogen-bond donors (Lipinski definition) is 1. The fourth-order valence-corrected chi connectivity index (χ4v) is 3.71. The first-order valence-corrected chi connectivity index (χ1v) is 9.65. The van der Waals surface area contributed by atoms with Crippen LogP contribution in [0, 0.1) is 0 Å². The van der Waals surface area contributed by atoms with Crippen LogP contribution in [0.15, 0.2) is 54.7 Å². The smallest absolute Gasteiger partial charge is 0.406 e. The van der Waals surface area contributed by atoms with E-state index in [-0.39, 0.29) is 17.8 Å². The van der Waals surface area contributed by atoms with Crippen LogP contribution in [-0.4, -0.2) is 42.2 Å². The molecule has 0 unspecified atom stereocenters. The first kappa shape index (κ1) is 20.2. The molecule has 2 heterocycles. The minimum atomic E-state index is -4.79. The molecule has 2 aromatic carbocycles. The Morgan fingerprint density at radius 3 is 2.77 bits per heavy atom. The summed E-state index contributed by atoms with van der Waals surface area (Å²) in [5.41, 5.74) is 4.39. The van der Waals surface area contributed by atoms with Crippen molar-refractivity contribution in [3.63, 3.8) is 0 Å². The third-order valence-corrected chi connectivity index (χ3v) is 5.26. The first-order valence-electron chi connectivity index (χ1n) is 9.65. The summed E-state index contributed by atoms with van der Waals surface area (Å²) >= 11 is 0. The van der Waals surface area contributed by atoms with Crippen molar-refractivity contribution < 1.29 is 22.7 Å². The third kappa shape index (κ3) is 4.57. The number of hydrogen-bond acceptors (Lipinski definition) is 3. The van der Waals surface area contributed by atoms with Crippen molar-refractivity contribution in [2.24, 2.45) is 0 Å². The van der Waals surface area contributed by atoms with Gasteiger partial charge in [-0.25, -0.2) is 0 Å². The third-order valence-electron chi connectivity index (χ3n) is 5.26. The molecule has 0 radical (unpaired) electrons. The molecule has 1 N–H and O–H groups in total. The average Bonchev–Trinajstić information content (AvgIpc) is 3.11. The molecule has 0 fully saturated rings. The molecule has 0 bridgehead atoms. The Hall–Kier alpha value is -3.06. The summed E-state index contributed by atoms with van der Waals surface area (Å²) in [5, 5.41) is 1.05. The SMILES string of the molecule is CN1CC=C(c2c[nH]c3ccc(CC(=O)c4cccc(OC(F)(F)F)c4)cc23)CC1. The van der Waals surface area contributed by atoms with Gasteiger partial charge in [0, 0.05) is 47.7 Å². The Kier molecular flexibility index (Phi) is 5.39. The number of carbonyl (C=O) groups is 1. The highest BCUT2D eigenvalue weighted by atomic mass is 19.4. The Morgan fingerprint density at radius 1 is 1.20 bits per heavy atom. The lowest BCUT2D eigenvalue weighted by atomic mass is 9.96. The number of aromatic amines is 1. The summed E-state index contributed by atoms with van der Waals surface area (Å²) in [7, 11) is 2.08. The number of halogens is 3. The van der Waals surface area contributed by atoms with E-state index in [9.17, 15) is 18.0 Å². The monoisotopic (exact) mass is 414 g/mol. The highest BCUT2D eigenvalue weighted by molar-refractivity contribution is 5.99. The number of nitrogens with zero attached hydrogens (tertiary/aromatic N) is 1. The summed E-state index contributed by atoms with van der Waals surface area (Å²) in [6.45, 7) is 1.89. The highest BCUT2D eigenvalue weighted by Crippen LogP contribution is 2.30. The molecule has 0 saturated carbocycles. The quantitative estimate of drug-likeness (QED) is 0.583. The van der Waals surface area contributed by atoms with Gasteiger partial charge in [-0.05, 0) is 48.9 Å². The number of ketones is 1. The molecule has 0 atom stereocenters. The second kappa shape index (κ2) is 7.99. The van der Waals surface area contributed by atoms with E-state index in [4.69, 9.17) is 0 Å². The number of likely N-dealkylation sites (N-methyl/N-ethyl adjacent to an activating group) is 1. The van der Waals surface area contributed by atoms with Gasteiger partial charge in [-0.15, -0.1) is 13.2 Å². The fraction of sp³-hybridized carbons (Fsp3) is 0.261. The van der Waals surface area contributed by atoms with Gasteiger partial charge in [0.1, 0.15) is 5.75 Å². The van der Waals surface area contributed by atoms with Crippen LogP contribution in [0.2, 0.25) is 0 Å². The van der Waals surface area contributed by atoms with Crippen molar-refractivity contribution in [2.75, 3.05) is 20.1 Å². The molecule has 7 heteroatoms. The van der Waals surface area contributed by atoms with Crippen LogP contribution in [0.3, 0.4) is 0 Å². The van der Waals surface area contributed by atoms with Crippen molar-refractivity contribution in [3.8, 4) is 5.75 Å². The largest absolute Gasteiger partial charge is 0.573 e. The molecule has 1 aliphatic rings. The van der Waals surface area contributed by atoms with Gasteiger partial charge in [0.25, 0.3) is 0 Å². The van der Waals surface area contributed by atoms with Crippen LogP contribution < -0.4 is 4.74 Å². The van der Waals surface area contributed by atoms with E-state index in [0.717, 1.165) is 47.6 Å². The molecule has 1 aromatic heterocycles. The summed E-state index contributed by atoms with van der Waals surface area (Å²) < 4.78 is 41.2. The van der Waals surface area contributed by atoms with Gasteiger partial charge >= 0.3 is 6.36 Å². The van der Waals surface area contributed by atoms with Crippen LogP contribution in [0.4, 0.5) is 13.2 Å². The van der Waals surface area contributed by atoms with E-state index in [1.165, 1.54) is 23.8 Å². The van der Waals surface area contributed by atoms with Crippen molar-refractivity contribution in [2.45, 2.75) is 19.2 Å². The number of aromatic nitrogens is 1. The predicted molar refractivity (Wildman–Crippen MR) is 110 cm³/mol. The Labute approximate surface area is 171 Å². The van der Waals surface area contributed by atoms with E-state index in [1.54, 1.807) is 0 Å². The van der Waals surface area contributed by atoms with Crippen LogP contribution >= 0.6 is 0 Å². The maximum Gasteiger partial charge on any atom is 0.573 e. The van der Waals surface area contributed by atoms with Gasteiger partial charge in [0.2, 0.25) is 0 Å². The number of carbonyl (C=O) groups excluding carboxylic acids is 1. The molecule has 4 nitrogen and oxygen atoms in total. The van der Waals surface area contributed by atoms with Crippen LogP contribution in [0.1, 0.15) is 27.9 Å². The maximum absolute atomic E-state index is 12.7. The highest BCUT2D eigenvalue weighted by Gasteiger charge is 2.31. The topological polar surface area (TPSA) is 45.3 Å². The van der Waals surface area contributed by atoms with Crippen LogP contribution in [0.5, 0.6) is 5.75 Å². The first-order chi connectivity index (χ1) is 14.3. The summed E-state index contributed by atoms with van der Waals surface area (Å²) in [5.74, 6) is -0.663. The average molecular weight is 414 g/mol. The van der Waals surface area contributed by atoms with E-state index >= 15 is 0 Å². The zero-order valence-electron chi connectivity index (χ0n) is 16.4. The van der Waals surface area contributed by atoms with Gasteiger partial charge < -0.3 is 14.6 Å². The van der Waals surface area contributed by atoms with Gasteiger partial charge in [-0.3, -0.25) is 4.79 Å². The Morgan fingerprint density at radius 2 is 2.03 bits per heavy atom. The van der Waals surface area contributed by atoms with Gasteiger partial charge in [0.05, 0.1) is 0 Å². The number of Topliss-reactive ketones (excluding diaryl/α,β-unsaturated/α-hetero) is 1. The number of H-pyrrole nitrogens is 1. The Bertz CT molecular complexity index is 1120. The molecule has 4 rings (SSSR count). The summed E-state index contributed by atoms with van der Waals surface area (Å²) in [6, 6.07) is 11.0. The standard InChI is InChI=1S/C23H21F3N2O2/c1-28-9-7-16(8-10-28)20-14-27-21-6-5-15(11-19(20)21)12-22(29)17-3-2-4-18(13-17)30-23(24,25)26/h2-7,11,13-14,27H,8-10,12H2,1H3. The molecule has 0 saturated heterocycles. The zero-order valence-corrected chi connectivity index (χ0v) is 16.4. The maximum atomic E-state index is 12.7. The molecule has 0 spiro atoms. The lowest BCUT2D eigenvalue weighted by molar-refractivity contribution is -0.274. The lowest BCUT2D eigenvalue weighted by Crippen LogP contribution is -2.23. The predicted octanol–water partition coefficient (Wildman–Crippen LogP) is 5.21. The lowest BCUT2D eigenvalue weighted by Gasteiger charge is -2.21. The van der Waals surface area contributed by atoms with Gasteiger partial charge in [0.15, 0.2) is 5.78 Å². The fourth-order valence-electron chi connectivity index (χ4n) is 3.71. The van der Waals surface area contributed by atoms with Crippen molar-refractivity contribution in [3.05, 3.63) is 71.4 Å². The molecule has 1 aliphatic heterocycles. The number of rotatable bonds is 5.